The van der Waals surface area contributed by atoms with E-state index < -0.39 is 16.0 Å². The van der Waals surface area contributed by atoms with Crippen LogP contribution < -0.4 is 16.2 Å². The lowest BCUT2D eigenvalue weighted by atomic mass is 10.2. The number of nitrogens with two attached hydrogens (primary N) is 2. The maximum Gasteiger partial charge on any atom is 0.335 e. The van der Waals surface area contributed by atoms with Crippen molar-refractivity contribution in [3.05, 3.63) is 60.2 Å². The largest absolute Gasteiger partial charge is 0.478 e. The second-order valence-corrected chi connectivity index (χ2v) is 7.06. The molecule has 2 rings (SSSR count). The Labute approximate surface area is 158 Å². The highest BCUT2D eigenvalue weighted by atomic mass is 32.2. The fraction of sp³-hybridized carbons (Fsp3) is 0.118. The summed E-state index contributed by atoms with van der Waals surface area (Å²) in [5, 5.41) is 16.9. The molecule has 0 atom stereocenters. The molecule has 0 aliphatic rings. The third kappa shape index (κ3) is 6.79. The second-order valence-electron chi connectivity index (χ2n) is 5.08. The minimum atomic E-state index is -4.04. The van der Waals surface area contributed by atoms with Gasteiger partial charge >= 0.3 is 5.97 Å². The van der Waals surface area contributed by atoms with Crippen molar-refractivity contribution in [1.29, 1.82) is 0 Å². The lowest BCUT2D eigenvalue weighted by Crippen LogP contribution is -2.15. The fourth-order valence-corrected chi connectivity index (χ4v) is 3.08. The van der Waals surface area contributed by atoms with Gasteiger partial charge in [-0.15, -0.1) is 12.6 Å². The molecule has 26 heavy (non-hydrogen) atoms. The van der Waals surface area contributed by atoms with Crippen LogP contribution in [0.25, 0.3) is 0 Å². The molecular weight excluding hydrogens is 374 g/mol. The molecule has 6 N–H and O–H groups in total. The fourth-order valence-electron chi connectivity index (χ4n) is 1.82. The summed E-state index contributed by atoms with van der Waals surface area (Å²) in [7, 11) is -4.04. The Morgan fingerprint density at radius 3 is 2.31 bits per heavy atom. The molecule has 0 aliphatic heterocycles. The van der Waals surface area contributed by atoms with E-state index in [2.05, 4.69) is 17.9 Å². The molecule has 2 aromatic carbocycles. The zero-order chi connectivity index (χ0) is 19.7. The Morgan fingerprint density at radius 2 is 1.88 bits per heavy atom. The van der Waals surface area contributed by atoms with E-state index in [1.807, 2.05) is 37.3 Å². The van der Waals surface area contributed by atoms with Crippen LogP contribution in [-0.4, -0.2) is 26.0 Å². The summed E-state index contributed by atoms with van der Waals surface area (Å²) in [6.07, 6.45) is 3.59. The van der Waals surface area contributed by atoms with Gasteiger partial charge in [-0.3, -0.25) is 0 Å². The molecule has 0 spiro atoms. The van der Waals surface area contributed by atoms with Crippen molar-refractivity contribution in [2.45, 2.75) is 16.7 Å². The van der Waals surface area contributed by atoms with E-state index in [0.29, 0.717) is 12.2 Å². The van der Waals surface area contributed by atoms with E-state index >= 15 is 0 Å². The van der Waals surface area contributed by atoms with Crippen LogP contribution in [0.2, 0.25) is 0 Å². The first kappa shape index (κ1) is 21.6. The van der Waals surface area contributed by atoms with Gasteiger partial charge in [-0.05, 0) is 31.2 Å². The van der Waals surface area contributed by atoms with Crippen LogP contribution in [0.3, 0.4) is 0 Å². The Morgan fingerprint density at radius 1 is 1.27 bits per heavy atom. The van der Waals surface area contributed by atoms with Crippen molar-refractivity contribution >= 4 is 40.0 Å². The molecule has 0 saturated heterocycles. The van der Waals surface area contributed by atoms with Gasteiger partial charge in [0.25, 0.3) is 0 Å². The predicted molar refractivity (Wildman–Crippen MR) is 106 cm³/mol. The molecular formula is C17H21N3O4S2. The molecule has 0 bridgehead atoms. The van der Waals surface area contributed by atoms with Gasteiger partial charge in [-0.2, -0.15) is 0 Å². The zero-order valence-corrected chi connectivity index (χ0v) is 15.8. The first-order chi connectivity index (χ1) is 12.2. The average Bonchev–Trinajstić information content (AvgIpc) is 2.56. The summed E-state index contributed by atoms with van der Waals surface area (Å²) in [5.74, 6) is -1.24. The Hall–Kier alpha value is -2.49. The monoisotopic (exact) mass is 395 g/mol. The standard InChI is InChI=1S/C11H14N2O4S2.C6H7N/c1-2-3-4-13-8-5-7(11(14)15)6-9(10(8)18)19(12,16)17;7-6-4-2-1-3-5-6/h2-3,5-6,13,18H,4H2,1H3,(H,14,15)(H2,12,16,17);1-5H,7H2. The highest BCUT2D eigenvalue weighted by Crippen LogP contribution is 2.29. The molecule has 0 unspecified atom stereocenters. The molecule has 9 heteroatoms. The molecule has 0 aromatic heterocycles. The summed E-state index contributed by atoms with van der Waals surface area (Å²) in [6.45, 7) is 2.24. The van der Waals surface area contributed by atoms with Crippen molar-refractivity contribution in [3.8, 4) is 0 Å². The van der Waals surface area contributed by atoms with Gasteiger partial charge in [0.1, 0.15) is 0 Å². The predicted octanol–water partition coefficient (Wildman–Crippen LogP) is 2.58. The van der Waals surface area contributed by atoms with Crippen molar-refractivity contribution in [3.63, 3.8) is 0 Å². The van der Waals surface area contributed by atoms with Gasteiger partial charge in [0, 0.05) is 17.1 Å². The maximum atomic E-state index is 11.4. The number of para-hydroxylation sites is 1. The molecule has 0 saturated carbocycles. The van der Waals surface area contributed by atoms with Crippen LogP contribution in [0.5, 0.6) is 0 Å². The van der Waals surface area contributed by atoms with Gasteiger partial charge in [-0.1, -0.05) is 30.4 Å². The number of primary sulfonamides is 1. The Bertz CT molecular complexity index is 882. The summed E-state index contributed by atoms with van der Waals surface area (Å²) >= 11 is 4.08. The van der Waals surface area contributed by atoms with E-state index in [9.17, 15) is 13.2 Å². The number of thiol groups is 1. The van der Waals surface area contributed by atoms with E-state index in [0.717, 1.165) is 11.8 Å². The van der Waals surface area contributed by atoms with Crippen LogP contribution >= 0.6 is 12.6 Å². The molecule has 140 valence electrons. The number of rotatable bonds is 5. The molecule has 0 amide bonds. The SMILES string of the molecule is CC=CCNc1cc(C(=O)O)cc(S(N)(=O)=O)c1S.Nc1ccccc1. The van der Waals surface area contributed by atoms with Crippen molar-refractivity contribution in [2.75, 3.05) is 17.6 Å². The van der Waals surface area contributed by atoms with Gasteiger partial charge in [0.2, 0.25) is 10.0 Å². The lowest BCUT2D eigenvalue weighted by molar-refractivity contribution is 0.0696. The van der Waals surface area contributed by atoms with Crippen LogP contribution in [-0.2, 0) is 10.0 Å². The van der Waals surface area contributed by atoms with Crippen molar-refractivity contribution in [1.82, 2.24) is 0 Å². The van der Waals surface area contributed by atoms with Crippen molar-refractivity contribution in [2.24, 2.45) is 5.14 Å². The van der Waals surface area contributed by atoms with Crippen LogP contribution in [0, 0.1) is 0 Å². The van der Waals surface area contributed by atoms with Crippen molar-refractivity contribution < 1.29 is 18.3 Å². The molecule has 2 aromatic rings. The number of hydrogen-bond acceptors (Lipinski definition) is 6. The summed E-state index contributed by atoms with van der Waals surface area (Å²) in [4.78, 5) is 10.7. The number of hydrogen-bond donors (Lipinski definition) is 5. The Balaban J connectivity index is 0.000000401. The summed E-state index contributed by atoms with van der Waals surface area (Å²) in [5.41, 5.74) is 6.30. The molecule has 0 fully saturated rings. The third-order valence-electron chi connectivity index (χ3n) is 3.07. The van der Waals surface area contributed by atoms with Crippen LogP contribution in [0.15, 0.2) is 64.4 Å². The molecule has 0 heterocycles. The lowest BCUT2D eigenvalue weighted by Gasteiger charge is -2.12. The van der Waals surface area contributed by atoms with Gasteiger partial charge in [-0.25, -0.2) is 18.4 Å². The topological polar surface area (TPSA) is 136 Å². The molecule has 7 nitrogen and oxygen atoms in total. The highest BCUT2D eigenvalue weighted by molar-refractivity contribution is 7.90. The summed E-state index contributed by atoms with van der Waals surface area (Å²) in [6, 6.07) is 11.8. The first-order valence-electron chi connectivity index (χ1n) is 7.45. The number of nitrogens with one attached hydrogen (secondary N) is 1. The molecule has 0 radical (unpaired) electrons. The molecule has 0 aliphatic carbocycles. The first-order valence-corrected chi connectivity index (χ1v) is 9.44. The number of nitrogen functional groups attached to an aromatic ring is 1. The number of sulfonamides is 1. The Kier molecular flexibility index (Phi) is 8.17. The zero-order valence-electron chi connectivity index (χ0n) is 14.1. The number of carboxylic acids is 1. The number of anilines is 2. The van der Waals surface area contributed by atoms with Gasteiger partial charge in [0.05, 0.1) is 16.1 Å². The van der Waals surface area contributed by atoms with E-state index in [-0.39, 0.29) is 15.4 Å². The second kappa shape index (κ2) is 9.85. The summed E-state index contributed by atoms with van der Waals surface area (Å²) < 4.78 is 22.8. The van der Waals surface area contributed by atoms with E-state index in [1.54, 1.807) is 12.2 Å². The van der Waals surface area contributed by atoms with Gasteiger partial charge < -0.3 is 16.2 Å². The number of allylic oxidation sites excluding steroid dienone is 1. The average molecular weight is 396 g/mol. The number of benzene rings is 2. The number of carbonyl (C=O) groups is 1. The van der Waals surface area contributed by atoms with Crippen LogP contribution in [0.4, 0.5) is 11.4 Å². The third-order valence-corrected chi connectivity index (χ3v) is 4.64. The minimum absolute atomic E-state index is 0.0944. The maximum absolute atomic E-state index is 11.4. The minimum Gasteiger partial charge on any atom is -0.478 e. The quantitative estimate of drug-likeness (QED) is 0.300. The highest BCUT2D eigenvalue weighted by Gasteiger charge is 2.19. The van der Waals surface area contributed by atoms with Gasteiger partial charge in [0.15, 0.2) is 0 Å². The van der Waals surface area contributed by atoms with Crippen LogP contribution in [0.1, 0.15) is 17.3 Å². The van der Waals surface area contributed by atoms with E-state index in [4.69, 9.17) is 16.0 Å². The van der Waals surface area contributed by atoms with E-state index in [1.165, 1.54) is 6.07 Å². The number of aromatic carboxylic acids is 1. The smallest absolute Gasteiger partial charge is 0.335 e. The normalized spacial score (nSPS) is 10.9. The number of carboxylic acid groups (broad SMARTS) is 1.